The minimum absolute atomic E-state index is 0.0960. The molecule has 0 aliphatic carbocycles. The molecule has 0 aliphatic heterocycles. The highest BCUT2D eigenvalue weighted by molar-refractivity contribution is 7.80. The summed E-state index contributed by atoms with van der Waals surface area (Å²) in [4.78, 5) is 11.5. The Bertz CT molecular complexity index is 328. The number of thiocarbonyl (C=S) groups is 1. The van der Waals surface area contributed by atoms with E-state index in [-0.39, 0.29) is 5.91 Å². The fourth-order valence-electron chi connectivity index (χ4n) is 1.08. The molecule has 1 aromatic rings. The minimum Gasteiger partial charge on any atom is -0.349 e. The van der Waals surface area contributed by atoms with Crippen LogP contribution in [0.5, 0.6) is 0 Å². The first kappa shape index (κ1) is 10.7. The minimum atomic E-state index is -0.0960. The first-order valence-electron chi connectivity index (χ1n) is 4.24. The van der Waals surface area contributed by atoms with Gasteiger partial charge in [-0.25, -0.2) is 0 Å². The first-order chi connectivity index (χ1) is 6.59. The van der Waals surface area contributed by atoms with E-state index >= 15 is 0 Å². The van der Waals surface area contributed by atoms with Gasteiger partial charge in [-0.3, -0.25) is 4.79 Å². The smallest absolute Gasteiger partial charge is 0.221 e. The van der Waals surface area contributed by atoms with Crippen LogP contribution in [0.15, 0.2) is 24.3 Å². The molecular weight excluding hydrogens is 196 g/mol. The number of anilines is 2. The van der Waals surface area contributed by atoms with Crippen molar-refractivity contribution < 1.29 is 4.79 Å². The van der Waals surface area contributed by atoms with E-state index in [1.807, 2.05) is 24.3 Å². The maximum atomic E-state index is 10.9. The molecule has 0 heterocycles. The Balaban J connectivity index is 2.90. The molecule has 0 atom stereocenters. The van der Waals surface area contributed by atoms with Gasteiger partial charge in [-0.15, -0.1) is 0 Å². The Morgan fingerprint density at radius 1 is 1.14 bits per heavy atom. The Labute approximate surface area is 88.5 Å². The van der Waals surface area contributed by atoms with E-state index < -0.39 is 0 Å². The zero-order valence-electron chi connectivity index (χ0n) is 8.13. The largest absolute Gasteiger partial charge is 0.349 e. The molecule has 0 aliphatic rings. The standard InChI is InChI=1S/C10H12N2OS/c1-7(13)11-9-5-3-4-6-10(9)12-8(2)14/h3-6H,1-2H3,(H,11,13)(H,12,14). The van der Waals surface area contributed by atoms with Crippen molar-refractivity contribution in [1.82, 2.24) is 0 Å². The van der Waals surface area contributed by atoms with Crippen molar-refractivity contribution in [3.8, 4) is 0 Å². The van der Waals surface area contributed by atoms with E-state index in [2.05, 4.69) is 10.6 Å². The van der Waals surface area contributed by atoms with Gasteiger partial charge in [0, 0.05) is 6.92 Å². The third-order valence-corrected chi connectivity index (χ3v) is 1.65. The predicted molar refractivity (Wildman–Crippen MR) is 62.6 cm³/mol. The lowest BCUT2D eigenvalue weighted by Gasteiger charge is -2.10. The summed E-state index contributed by atoms with van der Waals surface area (Å²) in [7, 11) is 0. The molecule has 0 unspecified atom stereocenters. The van der Waals surface area contributed by atoms with Crippen LogP contribution in [0.2, 0.25) is 0 Å². The van der Waals surface area contributed by atoms with Crippen LogP contribution in [-0.4, -0.2) is 10.9 Å². The Morgan fingerprint density at radius 3 is 2.07 bits per heavy atom. The van der Waals surface area contributed by atoms with E-state index in [1.54, 1.807) is 6.92 Å². The van der Waals surface area contributed by atoms with Gasteiger partial charge in [0.05, 0.1) is 16.4 Å². The van der Waals surface area contributed by atoms with E-state index in [4.69, 9.17) is 12.2 Å². The number of nitrogens with one attached hydrogen (secondary N) is 2. The molecule has 0 fully saturated rings. The SMILES string of the molecule is CC(=O)Nc1ccccc1NC(C)=S. The molecule has 74 valence electrons. The molecule has 1 rings (SSSR count). The van der Waals surface area contributed by atoms with Crippen molar-refractivity contribution in [1.29, 1.82) is 0 Å². The fourth-order valence-corrected chi connectivity index (χ4v) is 1.19. The lowest BCUT2D eigenvalue weighted by atomic mass is 10.2. The van der Waals surface area contributed by atoms with Crippen molar-refractivity contribution in [2.24, 2.45) is 0 Å². The molecule has 0 radical (unpaired) electrons. The van der Waals surface area contributed by atoms with Crippen LogP contribution < -0.4 is 10.6 Å². The van der Waals surface area contributed by atoms with Gasteiger partial charge in [0.15, 0.2) is 0 Å². The van der Waals surface area contributed by atoms with Gasteiger partial charge in [0.2, 0.25) is 5.91 Å². The number of carbonyl (C=O) groups excluding carboxylic acids is 1. The Kier molecular flexibility index (Phi) is 3.59. The molecule has 4 heteroatoms. The van der Waals surface area contributed by atoms with Crippen LogP contribution in [0.25, 0.3) is 0 Å². The number of benzene rings is 1. The third kappa shape index (κ3) is 3.14. The van der Waals surface area contributed by atoms with Gasteiger partial charge in [0.25, 0.3) is 0 Å². The van der Waals surface area contributed by atoms with Gasteiger partial charge in [-0.1, -0.05) is 24.4 Å². The second-order valence-electron chi connectivity index (χ2n) is 2.91. The highest BCUT2D eigenvalue weighted by Gasteiger charge is 2.02. The molecular formula is C10H12N2OS. The van der Waals surface area contributed by atoms with Crippen LogP contribution >= 0.6 is 12.2 Å². The summed E-state index contributed by atoms with van der Waals surface area (Å²) >= 11 is 4.93. The zero-order chi connectivity index (χ0) is 10.6. The van der Waals surface area contributed by atoms with E-state index in [0.29, 0.717) is 4.99 Å². The number of rotatable bonds is 2. The summed E-state index contributed by atoms with van der Waals surface area (Å²) in [6.45, 7) is 3.26. The topological polar surface area (TPSA) is 41.1 Å². The summed E-state index contributed by atoms with van der Waals surface area (Å²) in [6.07, 6.45) is 0. The average molecular weight is 208 g/mol. The van der Waals surface area contributed by atoms with E-state index in [1.165, 1.54) is 6.92 Å². The fraction of sp³-hybridized carbons (Fsp3) is 0.200. The molecule has 14 heavy (non-hydrogen) atoms. The molecule has 2 N–H and O–H groups in total. The lowest BCUT2D eigenvalue weighted by Crippen LogP contribution is -2.10. The molecule has 0 spiro atoms. The summed E-state index contributed by atoms with van der Waals surface area (Å²) in [5.74, 6) is -0.0960. The van der Waals surface area contributed by atoms with Gasteiger partial charge in [-0.2, -0.15) is 0 Å². The van der Waals surface area contributed by atoms with E-state index in [0.717, 1.165) is 11.4 Å². The van der Waals surface area contributed by atoms with Crippen LogP contribution in [0, 0.1) is 0 Å². The molecule has 1 aromatic carbocycles. The Morgan fingerprint density at radius 2 is 1.64 bits per heavy atom. The number of para-hydroxylation sites is 2. The molecule has 0 bridgehead atoms. The van der Waals surface area contributed by atoms with Crippen molar-refractivity contribution in [2.75, 3.05) is 10.6 Å². The maximum Gasteiger partial charge on any atom is 0.221 e. The maximum absolute atomic E-state index is 10.9. The normalized spacial score (nSPS) is 9.29. The lowest BCUT2D eigenvalue weighted by molar-refractivity contribution is -0.114. The zero-order valence-corrected chi connectivity index (χ0v) is 8.94. The summed E-state index contributed by atoms with van der Waals surface area (Å²) in [6, 6.07) is 7.42. The van der Waals surface area contributed by atoms with Gasteiger partial charge in [-0.05, 0) is 19.1 Å². The second kappa shape index (κ2) is 4.72. The van der Waals surface area contributed by atoms with Crippen molar-refractivity contribution in [3.63, 3.8) is 0 Å². The van der Waals surface area contributed by atoms with Crippen molar-refractivity contribution in [2.45, 2.75) is 13.8 Å². The quantitative estimate of drug-likeness (QED) is 0.733. The van der Waals surface area contributed by atoms with Crippen LogP contribution in [-0.2, 0) is 4.79 Å². The van der Waals surface area contributed by atoms with E-state index in [9.17, 15) is 4.79 Å². The second-order valence-corrected chi connectivity index (χ2v) is 3.52. The molecule has 1 amide bonds. The average Bonchev–Trinajstić information content (AvgIpc) is 2.06. The molecule has 3 nitrogen and oxygen atoms in total. The van der Waals surface area contributed by atoms with Crippen molar-refractivity contribution in [3.05, 3.63) is 24.3 Å². The summed E-state index contributed by atoms with van der Waals surface area (Å²) in [5, 5.41) is 5.71. The number of hydrogen-bond acceptors (Lipinski definition) is 2. The highest BCUT2D eigenvalue weighted by Crippen LogP contribution is 2.20. The Hall–Kier alpha value is -1.42. The first-order valence-corrected chi connectivity index (χ1v) is 4.64. The monoisotopic (exact) mass is 208 g/mol. The molecule has 0 aromatic heterocycles. The molecule has 0 saturated heterocycles. The van der Waals surface area contributed by atoms with Gasteiger partial charge >= 0.3 is 0 Å². The molecule has 0 saturated carbocycles. The van der Waals surface area contributed by atoms with Gasteiger partial charge < -0.3 is 10.6 Å². The predicted octanol–water partition coefficient (Wildman–Crippen LogP) is 2.40. The van der Waals surface area contributed by atoms with Crippen molar-refractivity contribution >= 4 is 34.5 Å². The summed E-state index contributed by atoms with van der Waals surface area (Å²) in [5.41, 5.74) is 1.56. The van der Waals surface area contributed by atoms with Crippen LogP contribution in [0.1, 0.15) is 13.8 Å². The van der Waals surface area contributed by atoms with Crippen LogP contribution in [0.4, 0.5) is 11.4 Å². The third-order valence-electron chi connectivity index (χ3n) is 1.55. The highest BCUT2D eigenvalue weighted by atomic mass is 32.1. The number of hydrogen-bond donors (Lipinski definition) is 2. The van der Waals surface area contributed by atoms with Crippen LogP contribution in [0.3, 0.4) is 0 Å². The van der Waals surface area contributed by atoms with Gasteiger partial charge in [0.1, 0.15) is 0 Å². The summed E-state index contributed by atoms with van der Waals surface area (Å²) < 4.78 is 0. The number of amides is 1. The number of carbonyl (C=O) groups is 1.